The SMILES string of the molecule is CO/N=C(\C(=O)N[C@@H]1C(=O)N2C(C(=O)OCc3ccc(OC)cc3)=C(/C=C\c3cc(C(=O)N(C)C)no3)CS[C@H]12)c1csc(NC(c2ccccc2)(c2ccccc2)c2ccccc2)n1. The van der Waals surface area contributed by atoms with Crippen molar-refractivity contribution in [3.8, 4) is 5.75 Å². The molecule has 0 aliphatic carbocycles. The highest BCUT2D eigenvalue weighted by Gasteiger charge is 2.54. The summed E-state index contributed by atoms with van der Waals surface area (Å²) < 4.78 is 16.4. The minimum absolute atomic E-state index is 0.0119. The van der Waals surface area contributed by atoms with Crippen molar-refractivity contribution in [3.05, 3.63) is 183 Å². The predicted octanol–water partition coefficient (Wildman–Crippen LogP) is 6.71. The van der Waals surface area contributed by atoms with E-state index in [1.807, 2.05) is 54.6 Å². The number of nitrogens with one attached hydrogen (secondary N) is 2. The molecule has 4 aromatic carbocycles. The molecule has 1 saturated heterocycles. The van der Waals surface area contributed by atoms with E-state index in [-0.39, 0.29) is 46.8 Å². The number of β-lactam (4-membered cyclic amide) rings is 1. The number of esters is 1. The summed E-state index contributed by atoms with van der Waals surface area (Å²) in [6.45, 7) is -0.0774. The number of oxime groups is 1. The number of hydrogen-bond donors (Lipinski definition) is 2. The van der Waals surface area contributed by atoms with Gasteiger partial charge < -0.3 is 34.4 Å². The monoisotopic (exact) mass is 909 g/mol. The van der Waals surface area contributed by atoms with Crippen LogP contribution in [0.3, 0.4) is 0 Å². The first-order valence-electron chi connectivity index (χ1n) is 20.3. The Morgan fingerprint density at radius 3 is 2.11 bits per heavy atom. The first-order valence-corrected chi connectivity index (χ1v) is 22.2. The molecule has 330 valence electrons. The van der Waals surface area contributed by atoms with Crippen molar-refractivity contribution in [2.45, 2.75) is 23.6 Å². The standard InChI is InChI=1S/C48H43N7O8S2/c1-54(2)43(57)37-26-36(63-52-37)25-22-31-28-64-45-40(44(58)55(45)41(31)46(59)62-27-30-20-23-35(60-3)24-21-30)50-42(56)39(53-61-4)38-29-65-47(49-38)51-48(32-14-8-5-9-15-32,33-16-10-6-11-17-33)34-18-12-7-13-19-34/h5-26,29,40,45H,27-28H2,1-4H3,(H,49,51)(H,50,56)/b25-22-,53-39-/t40-,45-/m1/s1. The second kappa shape index (κ2) is 19.5. The molecular formula is C48H43N7O8S2. The molecule has 65 heavy (non-hydrogen) atoms. The van der Waals surface area contributed by atoms with Gasteiger partial charge in [0.2, 0.25) is 0 Å². The van der Waals surface area contributed by atoms with Crippen LogP contribution in [0.15, 0.2) is 154 Å². The fraction of sp³-hybridized carbons (Fsp3) is 0.188. The lowest BCUT2D eigenvalue weighted by Gasteiger charge is -2.49. The van der Waals surface area contributed by atoms with E-state index in [1.54, 1.807) is 63.0 Å². The number of allylic oxidation sites excluding steroid dienone is 1. The normalized spacial score (nSPS) is 16.1. The molecular weight excluding hydrogens is 867 g/mol. The van der Waals surface area contributed by atoms with Gasteiger partial charge in [-0.15, -0.1) is 23.1 Å². The van der Waals surface area contributed by atoms with Gasteiger partial charge in [0, 0.05) is 31.3 Å². The summed E-state index contributed by atoms with van der Waals surface area (Å²) >= 11 is 2.63. The molecule has 15 nitrogen and oxygen atoms in total. The van der Waals surface area contributed by atoms with Crippen LogP contribution in [0.25, 0.3) is 6.08 Å². The van der Waals surface area contributed by atoms with Gasteiger partial charge in [0.05, 0.1) is 7.11 Å². The fourth-order valence-corrected chi connectivity index (χ4v) is 9.54. The van der Waals surface area contributed by atoms with Crippen molar-refractivity contribution in [2.24, 2.45) is 5.16 Å². The Morgan fingerprint density at radius 2 is 1.52 bits per heavy atom. The lowest BCUT2D eigenvalue weighted by molar-refractivity contribution is -0.153. The maximum Gasteiger partial charge on any atom is 0.355 e. The summed E-state index contributed by atoms with van der Waals surface area (Å²) in [6, 6.07) is 37.6. The van der Waals surface area contributed by atoms with Crippen LogP contribution in [0.5, 0.6) is 5.75 Å². The fourth-order valence-electron chi connectivity index (χ4n) is 7.47. The van der Waals surface area contributed by atoms with E-state index in [4.69, 9.17) is 23.8 Å². The summed E-state index contributed by atoms with van der Waals surface area (Å²) in [5.74, 6) is -1.15. The maximum atomic E-state index is 14.1. The lowest BCUT2D eigenvalue weighted by atomic mass is 9.77. The van der Waals surface area contributed by atoms with Crippen LogP contribution in [-0.2, 0) is 36.1 Å². The Balaban J connectivity index is 1.04. The molecule has 6 aromatic rings. The zero-order valence-electron chi connectivity index (χ0n) is 35.7. The zero-order chi connectivity index (χ0) is 45.5. The summed E-state index contributed by atoms with van der Waals surface area (Å²) in [5, 5.41) is 16.0. The molecule has 2 aliphatic rings. The van der Waals surface area contributed by atoms with Crippen LogP contribution in [0, 0.1) is 0 Å². The van der Waals surface area contributed by atoms with E-state index in [1.165, 1.54) is 46.1 Å². The first-order chi connectivity index (χ1) is 31.6. The zero-order valence-corrected chi connectivity index (χ0v) is 37.3. The van der Waals surface area contributed by atoms with E-state index < -0.39 is 34.7 Å². The van der Waals surface area contributed by atoms with Crippen LogP contribution in [0.2, 0.25) is 0 Å². The minimum atomic E-state index is -1.03. The smallest absolute Gasteiger partial charge is 0.355 e. The van der Waals surface area contributed by atoms with Crippen LogP contribution in [0.4, 0.5) is 5.13 Å². The number of anilines is 1. The maximum absolute atomic E-state index is 14.1. The van der Waals surface area contributed by atoms with Crippen molar-refractivity contribution in [2.75, 3.05) is 39.4 Å². The first kappa shape index (κ1) is 44.1. The third kappa shape index (κ3) is 9.14. The number of rotatable bonds is 16. The van der Waals surface area contributed by atoms with Crippen molar-refractivity contribution in [1.29, 1.82) is 0 Å². The van der Waals surface area contributed by atoms with Gasteiger partial charge >= 0.3 is 5.97 Å². The number of amides is 3. The molecule has 0 unspecified atom stereocenters. The third-order valence-electron chi connectivity index (χ3n) is 10.7. The van der Waals surface area contributed by atoms with Gasteiger partial charge in [-0.1, -0.05) is 120 Å². The number of carbonyl (C=O) groups is 4. The molecule has 2 atom stereocenters. The lowest BCUT2D eigenvalue weighted by Crippen LogP contribution is -2.71. The second-order valence-corrected chi connectivity index (χ2v) is 16.9. The molecule has 8 rings (SSSR count). The Hall–Kier alpha value is -7.50. The van der Waals surface area contributed by atoms with Gasteiger partial charge in [0.25, 0.3) is 17.7 Å². The molecule has 2 N–H and O–H groups in total. The van der Waals surface area contributed by atoms with Gasteiger partial charge in [0.1, 0.15) is 47.8 Å². The Kier molecular flexibility index (Phi) is 13.2. The number of benzene rings is 4. The Bertz CT molecular complexity index is 2680. The van der Waals surface area contributed by atoms with Gasteiger partial charge in [-0.05, 0) is 46.0 Å². The highest BCUT2D eigenvalue weighted by Crippen LogP contribution is 2.43. The molecule has 4 heterocycles. The third-order valence-corrected chi connectivity index (χ3v) is 12.7. The van der Waals surface area contributed by atoms with E-state index in [2.05, 4.69) is 57.3 Å². The topological polar surface area (TPSA) is 178 Å². The summed E-state index contributed by atoms with van der Waals surface area (Å²) in [6.07, 6.45) is 3.18. The number of fused-ring (bicyclic) bond motifs is 1. The number of thioether (sulfide) groups is 1. The molecule has 0 radical (unpaired) electrons. The molecule has 0 saturated carbocycles. The van der Waals surface area contributed by atoms with Crippen LogP contribution in [0.1, 0.15) is 44.2 Å². The summed E-state index contributed by atoms with van der Waals surface area (Å²) in [7, 11) is 6.08. The molecule has 0 bridgehead atoms. The average Bonchev–Trinajstić information content (AvgIpc) is 4.03. The molecule has 1 fully saturated rings. The van der Waals surface area contributed by atoms with Crippen molar-refractivity contribution >= 4 is 63.7 Å². The van der Waals surface area contributed by atoms with Gasteiger partial charge in [0.15, 0.2) is 22.3 Å². The number of nitrogens with zero attached hydrogens (tertiary/aromatic N) is 5. The molecule has 2 aromatic heterocycles. The largest absolute Gasteiger partial charge is 0.497 e. The van der Waals surface area contributed by atoms with Crippen molar-refractivity contribution < 1.29 is 38.0 Å². The van der Waals surface area contributed by atoms with Crippen molar-refractivity contribution in [3.63, 3.8) is 0 Å². The average molecular weight is 910 g/mol. The van der Waals surface area contributed by atoms with Crippen LogP contribution in [-0.4, -0.2) is 94.8 Å². The molecule has 0 spiro atoms. The number of ether oxygens (including phenoxy) is 2. The quantitative estimate of drug-likeness (QED) is 0.0346. The predicted molar refractivity (Wildman–Crippen MR) is 247 cm³/mol. The highest BCUT2D eigenvalue weighted by atomic mass is 32.2. The van der Waals surface area contributed by atoms with Gasteiger partial charge in [-0.2, -0.15) is 0 Å². The van der Waals surface area contributed by atoms with Crippen molar-refractivity contribution in [1.82, 2.24) is 25.3 Å². The van der Waals surface area contributed by atoms with Gasteiger partial charge in [-0.25, -0.2) is 9.78 Å². The molecule has 3 amide bonds. The van der Waals surface area contributed by atoms with E-state index in [9.17, 15) is 19.2 Å². The van der Waals surface area contributed by atoms with Crippen LogP contribution >= 0.6 is 23.1 Å². The van der Waals surface area contributed by atoms with E-state index in [0.717, 1.165) is 16.7 Å². The minimum Gasteiger partial charge on any atom is -0.497 e. The number of thiazole rings is 1. The summed E-state index contributed by atoms with van der Waals surface area (Å²) in [5.41, 5.74) is 3.39. The van der Waals surface area contributed by atoms with Gasteiger partial charge in [-0.3, -0.25) is 19.3 Å². The molecule has 17 heteroatoms. The number of carbonyl (C=O) groups excluding carboxylic acids is 4. The number of aromatic nitrogens is 2. The Labute approximate surface area is 382 Å². The van der Waals surface area contributed by atoms with Crippen LogP contribution < -0.4 is 15.4 Å². The van der Waals surface area contributed by atoms with E-state index in [0.29, 0.717) is 22.0 Å². The summed E-state index contributed by atoms with van der Waals surface area (Å²) in [4.78, 5) is 67.3. The molecule has 2 aliphatic heterocycles. The second-order valence-electron chi connectivity index (χ2n) is 14.9. The number of methoxy groups -OCH3 is 1. The number of hydrogen-bond acceptors (Lipinski definition) is 14. The Morgan fingerprint density at radius 1 is 0.892 bits per heavy atom. The highest BCUT2D eigenvalue weighted by molar-refractivity contribution is 8.00. The van der Waals surface area contributed by atoms with E-state index >= 15 is 0 Å².